The van der Waals surface area contributed by atoms with Crippen LogP contribution in [0, 0.1) is 0 Å². The van der Waals surface area contributed by atoms with Crippen LogP contribution in [0.1, 0.15) is 25.3 Å². The monoisotopic (exact) mass is 406 g/mol. The number of amides is 1. The molecule has 2 heterocycles. The van der Waals surface area contributed by atoms with Crippen molar-refractivity contribution >= 4 is 39.7 Å². The minimum Gasteiger partial charge on any atom is -0.497 e. The Morgan fingerprint density at radius 2 is 1.97 bits per heavy atom. The number of hydrogen-bond donors (Lipinski definition) is 3. The minimum atomic E-state index is -0.180. The number of nitrogen functional groups attached to an aromatic ring is 1. The highest BCUT2D eigenvalue weighted by molar-refractivity contribution is 8.08. The van der Waals surface area contributed by atoms with Gasteiger partial charge in [0.25, 0.3) is 5.91 Å². The van der Waals surface area contributed by atoms with Gasteiger partial charge in [-0.05, 0) is 55.0 Å². The average molecular weight is 407 g/mol. The first-order chi connectivity index (χ1) is 14.1. The number of hydrazone groups is 1. The third-order valence-electron chi connectivity index (χ3n) is 4.71. The fourth-order valence-electron chi connectivity index (χ4n) is 3.29. The molecular formula is C22H22N4O2S. The summed E-state index contributed by atoms with van der Waals surface area (Å²) in [5, 5.41) is 7.62. The second kappa shape index (κ2) is 8.05. The molecule has 7 heteroatoms. The lowest BCUT2D eigenvalue weighted by molar-refractivity contribution is -0.116. The largest absolute Gasteiger partial charge is 0.497 e. The highest BCUT2D eigenvalue weighted by Crippen LogP contribution is 2.43. The lowest BCUT2D eigenvalue weighted by atomic mass is 10.00. The van der Waals surface area contributed by atoms with E-state index in [4.69, 9.17) is 10.5 Å². The summed E-state index contributed by atoms with van der Waals surface area (Å²) in [5.74, 6) is 0.596. The number of anilines is 2. The van der Waals surface area contributed by atoms with Crippen molar-refractivity contribution in [2.45, 2.75) is 24.7 Å². The van der Waals surface area contributed by atoms with Gasteiger partial charge in [0.15, 0.2) is 0 Å². The number of carbonyl (C=O) groups is 1. The first-order valence-electron chi connectivity index (χ1n) is 9.41. The second-order valence-electron chi connectivity index (χ2n) is 6.75. The molecule has 0 unspecified atom stereocenters. The zero-order valence-electron chi connectivity index (χ0n) is 16.3. The molecule has 2 aliphatic heterocycles. The van der Waals surface area contributed by atoms with E-state index < -0.39 is 0 Å². The van der Waals surface area contributed by atoms with Crippen LogP contribution in [0.5, 0.6) is 5.75 Å². The summed E-state index contributed by atoms with van der Waals surface area (Å²) in [7, 11) is 1.65. The van der Waals surface area contributed by atoms with Crippen molar-refractivity contribution in [1.82, 2.24) is 5.43 Å². The summed E-state index contributed by atoms with van der Waals surface area (Å²) in [6, 6.07) is 13.6. The van der Waals surface area contributed by atoms with E-state index in [2.05, 4.69) is 22.8 Å². The predicted octanol–water partition coefficient (Wildman–Crippen LogP) is 4.38. The number of nitrogens with one attached hydrogen (secondary N) is 2. The smallest absolute Gasteiger partial charge is 0.275 e. The van der Waals surface area contributed by atoms with E-state index in [9.17, 15) is 4.79 Å². The number of benzene rings is 2. The number of ether oxygens (including phenoxy) is 1. The number of thioether (sulfide) groups is 1. The third-order valence-corrected chi connectivity index (χ3v) is 5.77. The van der Waals surface area contributed by atoms with Gasteiger partial charge < -0.3 is 15.8 Å². The van der Waals surface area contributed by atoms with Gasteiger partial charge in [0.05, 0.1) is 24.1 Å². The normalized spacial score (nSPS) is 17.8. The molecule has 4 rings (SSSR count). The number of nitrogens with two attached hydrogens (primary N) is 1. The number of rotatable bonds is 5. The highest BCUT2D eigenvalue weighted by atomic mass is 32.2. The van der Waals surface area contributed by atoms with Crippen LogP contribution in [0.4, 0.5) is 11.4 Å². The Bertz CT molecular complexity index is 1050. The van der Waals surface area contributed by atoms with Gasteiger partial charge in [0.2, 0.25) is 0 Å². The summed E-state index contributed by atoms with van der Waals surface area (Å²) >= 11 is 1.62. The molecule has 148 valence electrons. The van der Waals surface area contributed by atoms with Crippen LogP contribution in [0.25, 0.3) is 4.91 Å². The van der Waals surface area contributed by atoms with Crippen LogP contribution in [0.3, 0.4) is 0 Å². The molecule has 0 fully saturated rings. The van der Waals surface area contributed by atoms with Gasteiger partial charge >= 0.3 is 0 Å². The second-order valence-corrected chi connectivity index (χ2v) is 7.87. The first kappa shape index (κ1) is 19.1. The van der Waals surface area contributed by atoms with Crippen LogP contribution in [0.15, 0.2) is 69.8 Å². The van der Waals surface area contributed by atoms with E-state index in [-0.39, 0.29) is 5.91 Å². The Hall–Kier alpha value is -3.19. The van der Waals surface area contributed by atoms with Crippen LogP contribution in [-0.2, 0) is 4.79 Å². The molecule has 0 radical (unpaired) electrons. The number of allylic oxidation sites excluding steroid dienone is 1. The van der Waals surface area contributed by atoms with Crippen molar-refractivity contribution in [3.8, 4) is 5.75 Å². The molecule has 0 saturated carbocycles. The van der Waals surface area contributed by atoms with E-state index in [0.717, 1.165) is 56.7 Å². The minimum absolute atomic E-state index is 0.180. The SMILES string of the molecule is CCCC1=NNC(=O)C1=C1C=C(Sc2ccc(N)cc2)c2cc(OC)ccc2N1. The fourth-order valence-corrected chi connectivity index (χ4v) is 4.27. The van der Waals surface area contributed by atoms with E-state index in [1.165, 1.54) is 0 Å². The number of fused-ring (bicyclic) bond motifs is 1. The lowest BCUT2D eigenvalue weighted by Crippen LogP contribution is -2.19. The number of nitrogens with zero attached hydrogens (tertiary/aromatic N) is 1. The maximum absolute atomic E-state index is 12.5. The number of methoxy groups -OCH3 is 1. The van der Waals surface area contributed by atoms with E-state index in [0.29, 0.717) is 5.57 Å². The molecule has 6 nitrogen and oxygen atoms in total. The van der Waals surface area contributed by atoms with E-state index in [1.54, 1.807) is 18.9 Å². The molecule has 29 heavy (non-hydrogen) atoms. The summed E-state index contributed by atoms with van der Waals surface area (Å²) in [6.07, 6.45) is 3.66. The summed E-state index contributed by atoms with van der Waals surface area (Å²) in [6.45, 7) is 2.07. The van der Waals surface area contributed by atoms with Crippen molar-refractivity contribution in [1.29, 1.82) is 0 Å². The van der Waals surface area contributed by atoms with Crippen LogP contribution < -0.4 is 21.2 Å². The van der Waals surface area contributed by atoms with Crippen LogP contribution in [-0.4, -0.2) is 18.7 Å². The molecule has 0 spiro atoms. The molecule has 2 aliphatic rings. The van der Waals surface area contributed by atoms with E-state index in [1.807, 2.05) is 48.5 Å². The van der Waals surface area contributed by atoms with Crippen molar-refractivity contribution in [3.63, 3.8) is 0 Å². The van der Waals surface area contributed by atoms with Crippen molar-refractivity contribution in [3.05, 3.63) is 65.4 Å². The van der Waals surface area contributed by atoms with Crippen LogP contribution in [0.2, 0.25) is 0 Å². The standard InChI is InChI=1S/C22H22N4O2S/c1-3-4-18-21(22(27)26-25-18)19-12-20(29-15-8-5-13(23)6-9-15)16-11-14(28-2)7-10-17(16)24-19/h5-12,24H,3-4,23H2,1-2H3,(H,26,27). The average Bonchev–Trinajstić information content (AvgIpc) is 3.09. The summed E-state index contributed by atoms with van der Waals surface area (Å²) in [5.41, 5.74) is 13.2. The number of hydrogen-bond acceptors (Lipinski definition) is 6. The number of carbonyl (C=O) groups excluding carboxylic acids is 1. The van der Waals surface area contributed by atoms with Crippen molar-refractivity contribution in [2.24, 2.45) is 5.10 Å². The fraction of sp³-hybridized carbons (Fsp3) is 0.182. The summed E-state index contributed by atoms with van der Waals surface area (Å²) in [4.78, 5) is 14.6. The third kappa shape index (κ3) is 3.86. The zero-order valence-corrected chi connectivity index (χ0v) is 17.1. The first-order valence-corrected chi connectivity index (χ1v) is 10.2. The van der Waals surface area contributed by atoms with Gasteiger partial charge in [-0.3, -0.25) is 4.79 Å². The highest BCUT2D eigenvalue weighted by Gasteiger charge is 2.28. The van der Waals surface area contributed by atoms with Gasteiger partial charge in [-0.15, -0.1) is 0 Å². The Labute approximate surface area is 173 Å². The Kier molecular flexibility index (Phi) is 5.31. The molecule has 2 aromatic carbocycles. The van der Waals surface area contributed by atoms with Crippen molar-refractivity contribution in [2.75, 3.05) is 18.2 Å². The lowest BCUT2D eigenvalue weighted by Gasteiger charge is -2.23. The summed E-state index contributed by atoms with van der Waals surface area (Å²) < 4.78 is 5.41. The molecule has 0 aliphatic carbocycles. The predicted molar refractivity (Wildman–Crippen MR) is 119 cm³/mol. The molecule has 0 aromatic heterocycles. The topological polar surface area (TPSA) is 88.7 Å². The molecule has 4 N–H and O–H groups in total. The van der Waals surface area contributed by atoms with Crippen molar-refractivity contribution < 1.29 is 9.53 Å². The molecule has 0 saturated heterocycles. The van der Waals surface area contributed by atoms with Gasteiger partial charge in [-0.2, -0.15) is 5.10 Å². The molecule has 2 aromatic rings. The molecule has 0 atom stereocenters. The Morgan fingerprint density at radius 1 is 1.17 bits per heavy atom. The van der Waals surface area contributed by atoms with Crippen LogP contribution >= 0.6 is 11.8 Å². The molecule has 0 bridgehead atoms. The molecule has 1 amide bonds. The van der Waals surface area contributed by atoms with E-state index >= 15 is 0 Å². The van der Waals surface area contributed by atoms with Gasteiger partial charge in [-0.1, -0.05) is 25.1 Å². The quantitative estimate of drug-likeness (QED) is 0.507. The maximum Gasteiger partial charge on any atom is 0.275 e. The van der Waals surface area contributed by atoms with Gasteiger partial charge in [-0.25, -0.2) is 5.43 Å². The Morgan fingerprint density at radius 3 is 2.69 bits per heavy atom. The zero-order chi connectivity index (χ0) is 20.4. The Balaban J connectivity index is 1.81. The van der Waals surface area contributed by atoms with Gasteiger partial charge in [0.1, 0.15) is 5.75 Å². The maximum atomic E-state index is 12.5. The molecular weight excluding hydrogens is 384 g/mol. The van der Waals surface area contributed by atoms with Gasteiger partial charge in [0, 0.05) is 26.7 Å².